The van der Waals surface area contributed by atoms with E-state index in [0.717, 1.165) is 12.2 Å². The van der Waals surface area contributed by atoms with Crippen molar-refractivity contribution >= 4 is 23.8 Å². The molecule has 1 aliphatic rings. The molecule has 0 aromatic rings. The van der Waals surface area contributed by atoms with Crippen LogP contribution in [0.2, 0.25) is 0 Å². The molecule has 0 aliphatic carbocycles. The quantitative estimate of drug-likeness (QED) is 0.257. The Morgan fingerprint density at radius 2 is 1.88 bits per heavy atom. The van der Waals surface area contributed by atoms with Gasteiger partial charge in [-0.05, 0) is 25.7 Å². The lowest BCUT2D eigenvalue weighted by Gasteiger charge is -2.29. The number of nitrogens with one attached hydrogen (secondary N) is 1. The molecule has 0 saturated carbocycles. The van der Waals surface area contributed by atoms with E-state index < -0.39 is 36.2 Å². The minimum absolute atomic E-state index is 0.00364. The molecule has 1 heterocycles. The van der Waals surface area contributed by atoms with Crippen LogP contribution in [0.1, 0.15) is 33.6 Å². The molecule has 0 aromatic heterocycles. The number of aliphatic hydroxyl groups is 1. The average molecular weight is 483 g/mol. The zero-order valence-corrected chi connectivity index (χ0v) is 18.8. The van der Waals surface area contributed by atoms with E-state index in [2.05, 4.69) is 5.32 Å². The number of hydrogen-bond acceptors (Lipinski definition) is 7. The number of carbonyl (C=O) groups excluding carboxylic acids is 3. The third-order valence-electron chi connectivity index (χ3n) is 4.45. The Morgan fingerprint density at radius 1 is 1.30 bits per heavy atom. The van der Waals surface area contributed by atoms with E-state index in [4.69, 9.17) is 20.4 Å². The molecule has 0 aromatic carbocycles. The molecule has 10 nitrogen and oxygen atoms in total. The number of carboxylic acids is 1. The van der Waals surface area contributed by atoms with Gasteiger partial charge in [-0.25, -0.2) is 9.59 Å². The largest absolute Gasteiger partial charge is 0.490 e. The second-order valence-electron chi connectivity index (χ2n) is 7.77. The molecule has 3 atom stereocenters. The predicted octanol–water partition coefficient (Wildman–Crippen LogP) is 0.438. The first-order valence-corrected chi connectivity index (χ1v) is 10.3. The van der Waals surface area contributed by atoms with Gasteiger partial charge in [-0.15, -0.1) is 0 Å². The van der Waals surface area contributed by atoms with Crippen LogP contribution in [-0.2, 0) is 23.9 Å². The van der Waals surface area contributed by atoms with Crippen molar-refractivity contribution in [2.75, 3.05) is 26.2 Å². The molecule has 1 fully saturated rings. The van der Waals surface area contributed by atoms with E-state index >= 15 is 0 Å². The Hall–Kier alpha value is -2.67. The van der Waals surface area contributed by atoms with Crippen LogP contribution in [0.25, 0.3) is 0 Å². The number of amides is 2. The van der Waals surface area contributed by atoms with Gasteiger partial charge in [-0.2, -0.15) is 13.2 Å². The lowest BCUT2D eigenvalue weighted by Crippen LogP contribution is -2.47. The van der Waals surface area contributed by atoms with Gasteiger partial charge in [-0.1, -0.05) is 13.8 Å². The molecule has 0 radical (unpaired) electrons. The second-order valence-corrected chi connectivity index (χ2v) is 7.77. The fourth-order valence-corrected chi connectivity index (χ4v) is 2.84. The highest BCUT2D eigenvalue weighted by molar-refractivity contribution is 5.95. The molecule has 5 N–H and O–H groups in total. The molecule has 1 aliphatic heterocycles. The summed E-state index contributed by atoms with van der Waals surface area (Å²) >= 11 is 0. The van der Waals surface area contributed by atoms with E-state index in [0.29, 0.717) is 25.3 Å². The van der Waals surface area contributed by atoms with Crippen molar-refractivity contribution in [3.8, 4) is 0 Å². The highest BCUT2D eigenvalue weighted by Crippen LogP contribution is 2.14. The first-order valence-electron chi connectivity index (χ1n) is 10.3. The second kappa shape index (κ2) is 14.5. The van der Waals surface area contributed by atoms with Crippen molar-refractivity contribution in [2.24, 2.45) is 17.6 Å². The van der Waals surface area contributed by atoms with Gasteiger partial charge in [0.05, 0.1) is 18.6 Å². The normalized spacial score (nSPS) is 17.7. The van der Waals surface area contributed by atoms with Crippen LogP contribution >= 0.6 is 0 Å². The number of hydrogen-bond donors (Lipinski definition) is 4. The molecule has 1 rings (SSSR count). The van der Waals surface area contributed by atoms with Gasteiger partial charge < -0.3 is 30.9 Å². The summed E-state index contributed by atoms with van der Waals surface area (Å²) in [4.78, 5) is 46.0. The lowest BCUT2D eigenvalue weighted by atomic mass is 9.99. The Bertz CT molecular complexity index is 699. The van der Waals surface area contributed by atoms with Crippen molar-refractivity contribution in [1.82, 2.24) is 10.2 Å². The maximum absolute atomic E-state index is 12.5. The zero-order chi connectivity index (χ0) is 25.8. The van der Waals surface area contributed by atoms with Gasteiger partial charge in [0.1, 0.15) is 0 Å². The van der Waals surface area contributed by atoms with Gasteiger partial charge >= 0.3 is 18.1 Å². The van der Waals surface area contributed by atoms with E-state index in [1.165, 1.54) is 4.90 Å². The lowest BCUT2D eigenvalue weighted by molar-refractivity contribution is -0.192. The van der Waals surface area contributed by atoms with E-state index in [1.54, 1.807) is 6.92 Å². The number of ether oxygens (including phenoxy) is 1. The van der Waals surface area contributed by atoms with Crippen LogP contribution < -0.4 is 11.1 Å². The molecule has 0 unspecified atom stereocenters. The number of alkyl halides is 3. The molecular formula is C20H32F3N3O7. The van der Waals surface area contributed by atoms with Crippen LogP contribution in [0.4, 0.5) is 13.2 Å². The van der Waals surface area contributed by atoms with E-state index in [-0.39, 0.29) is 31.5 Å². The summed E-state index contributed by atoms with van der Waals surface area (Å²) in [5.74, 6) is -3.97. The number of nitrogens with two attached hydrogens (primary N) is 1. The highest BCUT2D eigenvalue weighted by Gasteiger charge is 2.38. The molecular weight excluding hydrogens is 451 g/mol. The minimum atomic E-state index is -5.08. The van der Waals surface area contributed by atoms with E-state index in [9.17, 15) is 32.7 Å². The number of rotatable bonds is 10. The third-order valence-corrected chi connectivity index (χ3v) is 4.45. The van der Waals surface area contributed by atoms with Crippen molar-refractivity contribution in [1.29, 1.82) is 0 Å². The Labute approximate surface area is 189 Å². The topological polar surface area (TPSA) is 159 Å². The maximum Gasteiger partial charge on any atom is 0.490 e. The smallest absolute Gasteiger partial charge is 0.475 e. The van der Waals surface area contributed by atoms with Gasteiger partial charge in [-0.3, -0.25) is 9.59 Å². The number of nitrogens with zero attached hydrogens (tertiary/aromatic N) is 1. The monoisotopic (exact) mass is 483 g/mol. The molecule has 190 valence electrons. The summed E-state index contributed by atoms with van der Waals surface area (Å²) in [6.45, 7) is 6.63. The summed E-state index contributed by atoms with van der Waals surface area (Å²) < 4.78 is 36.5. The van der Waals surface area contributed by atoms with Gasteiger partial charge in [0.25, 0.3) is 0 Å². The first-order chi connectivity index (χ1) is 15.2. The maximum atomic E-state index is 12.5. The summed E-state index contributed by atoms with van der Waals surface area (Å²) in [6, 6.07) is -0.475. The number of aliphatic hydroxyl groups excluding tert-OH is 1. The SMILES string of the molecule is CCOC(=O)/C=C/C(=O)N(C[C@@H]1CCNC1=O)C[C@@H](O)[C@@H](N)CC(C)C.O=C(O)C(F)(F)F. The predicted molar refractivity (Wildman–Crippen MR) is 111 cm³/mol. The third kappa shape index (κ3) is 12.8. The highest BCUT2D eigenvalue weighted by atomic mass is 19.4. The van der Waals surface area contributed by atoms with Crippen molar-refractivity contribution < 1.29 is 47.3 Å². The van der Waals surface area contributed by atoms with Crippen LogP contribution in [0.5, 0.6) is 0 Å². The molecule has 0 spiro atoms. The standard InChI is InChI=1S/C18H31N3O5.C2HF3O2/c1-4-26-17(24)6-5-16(23)21(10-13-7-8-20-18(13)25)11-15(22)14(19)9-12(2)3;3-2(4,5)1(6)7/h5-6,12-15,22H,4,7-11,19H2,1-3H3,(H,20,25);(H,6,7)/b6-5+;/t13-,14-,15+;/m0./s1. The van der Waals surface area contributed by atoms with Crippen molar-refractivity contribution in [2.45, 2.75) is 51.9 Å². The zero-order valence-electron chi connectivity index (χ0n) is 18.8. The van der Waals surface area contributed by atoms with Crippen LogP contribution in [0.3, 0.4) is 0 Å². The van der Waals surface area contributed by atoms with Crippen LogP contribution in [-0.4, -0.2) is 83.4 Å². The van der Waals surface area contributed by atoms with Gasteiger partial charge in [0, 0.05) is 37.8 Å². The number of carboxylic acid groups (broad SMARTS) is 1. The fourth-order valence-electron chi connectivity index (χ4n) is 2.84. The molecule has 2 amide bonds. The summed E-state index contributed by atoms with van der Waals surface area (Å²) in [5.41, 5.74) is 6.00. The fraction of sp³-hybridized carbons (Fsp3) is 0.700. The summed E-state index contributed by atoms with van der Waals surface area (Å²) in [6.07, 6.45) is -2.61. The van der Waals surface area contributed by atoms with Crippen LogP contribution in [0.15, 0.2) is 12.2 Å². The van der Waals surface area contributed by atoms with Crippen LogP contribution in [0, 0.1) is 11.8 Å². The molecule has 33 heavy (non-hydrogen) atoms. The number of aliphatic carboxylic acids is 1. The summed E-state index contributed by atoms with van der Waals surface area (Å²) in [7, 11) is 0. The number of halogens is 3. The number of esters is 1. The van der Waals surface area contributed by atoms with E-state index in [1.807, 2.05) is 13.8 Å². The first kappa shape index (κ1) is 30.3. The van der Waals surface area contributed by atoms with Gasteiger partial charge in [0.15, 0.2) is 0 Å². The van der Waals surface area contributed by atoms with Crippen molar-refractivity contribution in [3.63, 3.8) is 0 Å². The summed E-state index contributed by atoms with van der Waals surface area (Å²) in [5, 5.41) is 20.2. The molecule has 1 saturated heterocycles. The Morgan fingerprint density at radius 3 is 2.30 bits per heavy atom. The minimum Gasteiger partial charge on any atom is -0.475 e. The van der Waals surface area contributed by atoms with Crippen molar-refractivity contribution in [3.05, 3.63) is 12.2 Å². The van der Waals surface area contributed by atoms with Gasteiger partial charge in [0.2, 0.25) is 11.8 Å². The molecule has 0 bridgehead atoms. The Kier molecular flexibility index (Phi) is 13.3. The number of carbonyl (C=O) groups is 4. The Balaban J connectivity index is 0.00000126. The molecule has 13 heteroatoms. The average Bonchev–Trinajstić information content (AvgIpc) is 3.09.